The highest BCUT2D eigenvalue weighted by Crippen LogP contribution is 2.25. The Labute approximate surface area is 194 Å². The number of aromatic nitrogens is 2. The summed E-state index contributed by atoms with van der Waals surface area (Å²) in [5.74, 6) is -1.61. The van der Waals surface area contributed by atoms with Gasteiger partial charge in [0, 0.05) is 49.6 Å². The maximum Gasteiger partial charge on any atom is 0.326 e. The van der Waals surface area contributed by atoms with E-state index in [2.05, 4.69) is 47.1 Å². The van der Waals surface area contributed by atoms with Crippen molar-refractivity contribution in [3.05, 3.63) is 68.9 Å². The summed E-state index contributed by atoms with van der Waals surface area (Å²) in [6.07, 6.45) is 4.02. The molecule has 0 aliphatic rings. The predicted octanol–water partition coefficient (Wildman–Crippen LogP) is 3.86. The van der Waals surface area contributed by atoms with E-state index in [4.69, 9.17) is 5.73 Å². The molecule has 4 rings (SSSR count). The molecule has 0 fully saturated rings. The number of aliphatic carboxylic acids is 1. The molecule has 0 saturated carbocycles. The van der Waals surface area contributed by atoms with Gasteiger partial charge in [0.25, 0.3) is 0 Å². The fourth-order valence-corrected chi connectivity index (χ4v) is 4.39. The summed E-state index contributed by atoms with van der Waals surface area (Å²) in [4.78, 5) is 30.8. The fraction of sp³-hybridized carbons (Fsp3) is 0.182. The van der Waals surface area contributed by atoms with Crippen LogP contribution in [0, 0.1) is 0 Å². The molecule has 2 aromatic heterocycles. The highest BCUT2D eigenvalue weighted by Gasteiger charge is 2.25. The van der Waals surface area contributed by atoms with Crippen LogP contribution < -0.4 is 11.1 Å². The number of H-pyrrole nitrogens is 2. The second kappa shape index (κ2) is 8.86. The van der Waals surface area contributed by atoms with Crippen LogP contribution in [0.25, 0.3) is 21.8 Å². The van der Waals surface area contributed by atoms with Crippen molar-refractivity contribution < 1.29 is 14.7 Å². The number of nitrogens with one attached hydrogen (secondary N) is 3. The van der Waals surface area contributed by atoms with Gasteiger partial charge in [-0.25, -0.2) is 4.79 Å². The van der Waals surface area contributed by atoms with Gasteiger partial charge in [0.2, 0.25) is 5.91 Å². The normalized spacial score (nSPS) is 13.4. The first kappa shape index (κ1) is 21.6. The Balaban J connectivity index is 1.48. The molecule has 9 heteroatoms. The van der Waals surface area contributed by atoms with Gasteiger partial charge in [0.1, 0.15) is 6.04 Å². The van der Waals surface area contributed by atoms with Gasteiger partial charge in [-0.3, -0.25) is 4.79 Å². The molecule has 7 nitrogen and oxygen atoms in total. The lowest BCUT2D eigenvalue weighted by Gasteiger charge is -2.18. The Bertz CT molecular complexity index is 1280. The Morgan fingerprint density at radius 3 is 1.97 bits per heavy atom. The van der Waals surface area contributed by atoms with E-state index in [1.165, 1.54) is 0 Å². The van der Waals surface area contributed by atoms with Gasteiger partial charge in [-0.05, 0) is 53.9 Å². The first-order chi connectivity index (χ1) is 14.8. The van der Waals surface area contributed by atoms with Crippen LogP contribution in [-0.2, 0) is 22.4 Å². The molecule has 160 valence electrons. The maximum atomic E-state index is 12.7. The van der Waals surface area contributed by atoms with Crippen molar-refractivity contribution in [1.29, 1.82) is 0 Å². The average Bonchev–Trinajstić information content (AvgIpc) is 3.31. The molecule has 2 heterocycles. The van der Waals surface area contributed by atoms with Crippen molar-refractivity contribution in [1.82, 2.24) is 15.3 Å². The van der Waals surface area contributed by atoms with Gasteiger partial charge in [-0.1, -0.05) is 31.9 Å². The van der Waals surface area contributed by atoms with Gasteiger partial charge in [0.15, 0.2) is 0 Å². The topological polar surface area (TPSA) is 124 Å². The molecule has 0 radical (unpaired) electrons. The van der Waals surface area contributed by atoms with E-state index in [0.717, 1.165) is 41.9 Å². The second-order valence-corrected chi connectivity index (χ2v) is 9.25. The van der Waals surface area contributed by atoms with E-state index in [1.54, 1.807) is 6.20 Å². The number of rotatable bonds is 7. The molecule has 0 unspecified atom stereocenters. The van der Waals surface area contributed by atoms with E-state index >= 15 is 0 Å². The molecule has 0 bridgehead atoms. The number of carbonyl (C=O) groups is 2. The summed E-state index contributed by atoms with van der Waals surface area (Å²) in [6, 6.07) is 9.59. The molecule has 0 aliphatic carbocycles. The SMILES string of the molecule is N[C@H](Cc1c[nH]c2ccc(Br)cc12)C(=O)N[C@H](Cc1c[nH]c2ccc(Br)cc12)C(=O)O. The van der Waals surface area contributed by atoms with E-state index in [9.17, 15) is 14.7 Å². The lowest BCUT2D eigenvalue weighted by Crippen LogP contribution is -2.50. The van der Waals surface area contributed by atoms with Crippen LogP contribution in [0.1, 0.15) is 11.1 Å². The average molecular weight is 548 g/mol. The van der Waals surface area contributed by atoms with Gasteiger partial charge in [-0.2, -0.15) is 0 Å². The smallest absolute Gasteiger partial charge is 0.326 e. The highest BCUT2D eigenvalue weighted by molar-refractivity contribution is 9.10. The molecule has 0 aliphatic heterocycles. The summed E-state index contributed by atoms with van der Waals surface area (Å²) in [7, 11) is 0. The lowest BCUT2D eigenvalue weighted by atomic mass is 10.0. The molecule has 31 heavy (non-hydrogen) atoms. The molecule has 2 aromatic carbocycles. The molecule has 2 atom stereocenters. The third-order valence-electron chi connectivity index (χ3n) is 5.27. The molecule has 6 N–H and O–H groups in total. The quantitative estimate of drug-likeness (QED) is 0.241. The number of amides is 1. The number of hydrogen-bond donors (Lipinski definition) is 5. The highest BCUT2D eigenvalue weighted by atomic mass is 79.9. The van der Waals surface area contributed by atoms with Crippen molar-refractivity contribution in [2.75, 3.05) is 0 Å². The minimum Gasteiger partial charge on any atom is -0.480 e. The summed E-state index contributed by atoms with van der Waals surface area (Å²) < 4.78 is 1.82. The van der Waals surface area contributed by atoms with Crippen LogP contribution in [0.3, 0.4) is 0 Å². The number of halogens is 2. The van der Waals surface area contributed by atoms with Gasteiger partial charge in [0.05, 0.1) is 6.04 Å². The Morgan fingerprint density at radius 2 is 1.45 bits per heavy atom. The molecule has 1 amide bonds. The number of fused-ring (bicyclic) bond motifs is 2. The minimum atomic E-state index is -1.11. The third kappa shape index (κ3) is 4.68. The van der Waals surface area contributed by atoms with Crippen LogP contribution >= 0.6 is 31.9 Å². The molecular formula is C22H20Br2N4O3. The summed E-state index contributed by atoms with van der Waals surface area (Å²) in [6.45, 7) is 0. The number of carboxylic acids is 1. The van der Waals surface area contributed by atoms with Gasteiger partial charge in [-0.15, -0.1) is 0 Å². The van der Waals surface area contributed by atoms with Crippen LogP contribution in [0.4, 0.5) is 0 Å². The standard InChI is InChI=1S/C22H20Br2N4O3/c23-13-1-3-18-15(7-13)11(9-26-18)5-17(25)21(29)28-20(22(30)31)6-12-10-27-19-4-2-14(24)8-16(12)19/h1-4,7-10,17,20,26-27H,5-6,25H2,(H,28,29)(H,30,31)/t17-,20-/m1/s1. The number of carboxylic acid groups (broad SMARTS) is 1. The zero-order chi connectivity index (χ0) is 22.1. The number of carbonyl (C=O) groups excluding carboxylic acids is 1. The van der Waals surface area contributed by atoms with E-state index in [0.29, 0.717) is 0 Å². The van der Waals surface area contributed by atoms with E-state index in [-0.39, 0.29) is 12.8 Å². The van der Waals surface area contributed by atoms with Crippen molar-refractivity contribution >= 4 is 65.5 Å². The number of hydrogen-bond acceptors (Lipinski definition) is 3. The number of benzene rings is 2. The van der Waals surface area contributed by atoms with E-state index < -0.39 is 24.0 Å². The van der Waals surface area contributed by atoms with E-state index in [1.807, 2.05) is 42.6 Å². The summed E-state index contributed by atoms with van der Waals surface area (Å²) in [5.41, 5.74) is 9.67. The van der Waals surface area contributed by atoms with Crippen molar-refractivity contribution in [3.8, 4) is 0 Å². The van der Waals surface area contributed by atoms with Crippen LogP contribution in [-0.4, -0.2) is 39.0 Å². The number of nitrogens with two attached hydrogens (primary N) is 1. The first-order valence-electron chi connectivity index (χ1n) is 9.61. The zero-order valence-electron chi connectivity index (χ0n) is 16.3. The fourth-order valence-electron chi connectivity index (χ4n) is 3.67. The monoisotopic (exact) mass is 546 g/mol. The minimum absolute atomic E-state index is 0.143. The van der Waals surface area contributed by atoms with Crippen LogP contribution in [0.15, 0.2) is 57.7 Å². The summed E-state index contributed by atoms with van der Waals surface area (Å²) >= 11 is 6.88. The van der Waals surface area contributed by atoms with Gasteiger partial charge < -0.3 is 26.1 Å². The summed E-state index contributed by atoms with van der Waals surface area (Å²) in [5, 5.41) is 14.1. The predicted molar refractivity (Wildman–Crippen MR) is 127 cm³/mol. The van der Waals surface area contributed by atoms with Crippen molar-refractivity contribution in [2.45, 2.75) is 24.9 Å². The Morgan fingerprint density at radius 1 is 0.935 bits per heavy atom. The molecule has 0 saturated heterocycles. The van der Waals surface area contributed by atoms with Gasteiger partial charge >= 0.3 is 5.97 Å². The Hall–Kier alpha value is -2.62. The van der Waals surface area contributed by atoms with Crippen molar-refractivity contribution in [3.63, 3.8) is 0 Å². The second-order valence-electron chi connectivity index (χ2n) is 7.42. The lowest BCUT2D eigenvalue weighted by molar-refractivity contribution is -0.141. The van der Waals surface area contributed by atoms with Crippen LogP contribution in [0.5, 0.6) is 0 Å². The number of aromatic amines is 2. The molecule has 0 spiro atoms. The third-order valence-corrected chi connectivity index (χ3v) is 6.26. The molecule has 4 aromatic rings. The van der Waals surface area contributed by atoms with Crippen molar-refractivity contribution in [2.24, 2.45) is 5.73 Å². The first-order valence-corrected chi connectivity index (χ1v) is 11.2. The maximum absolute atomic E-state index is 12.7. The zero-order valence-corrected chi connectivity index (χ0v) is 19.5. The Kier molecular flexibility index (Phi) is 6.17. The van der Waals surface area contributed by atoms with Crippen LogP contribution in [0.2, 0.25) is 0 Å². The molecular weight excluding hydrogens is 528 g/mol. The largest absolute Gasteiger partial charge is 0.480 e.